The minimum absolute atomic E-state index is 0.00891. The first-order chi connectivity index (χ1) is 11.6. The van der Waals surface area contributed by atoms with Crippen LogP contribution in [0.2, 0.25) is 0 Å². The van der Waals surface area contributed by atoms with Crippen molar-refractivity contribution < 1.29 is 14.3 Å². The van der Waals surface area contributed by atoms with Gasteiger partial charge in [0.05, 0.1) is 12.1 Å². The van der Waals surface area contributed by atoms with E-state index in [0.717, 1.165) is 16.5 Å². The molecular formula is C20H17NO3. The maximum atomic E-state index is 12.1. The maximum Gasteiger partial charge on any atom is 0.356 e. The number of ketones is 1. The van der Waals surface area contributed by atoms with Gasteiger partial charge in [0, 0.05) is 10.9 Å². The van der Waals surface area contributed by atoms with Crippen molar-refractivity contribution in [1.82, 2.24) is 4.98 Å². The van der Waals surface area contributed by atoms with Gasteiger partial charge in [0.15, 0.2) is 5.78 Å². The summed E-state index contributed by atoms with van der Waals surface area (Å²) in [5, 5.41) is 0.835. The number of nitrogens with zero attached hydrogens (tertiary/aromatic N) is 1. The van der Waals surface area contributed by atoms with Crippen LogP contribution in [-0.2, 0) is 4.74 Å². The number of rotatable bonds is 4. The minimum atomic E-state index is -0.452. The number of benzene rings is 2. The Hall–Kier alpha value is -3.01. The Labute approximate surface area is 140 Å². The summed E-state index contributed by atoms with van der Waals surface area (Å²) in [6, 6.07) is 16.7. The first-order valence-corrected chi connectivity index (χ1v) is 7.78. The van der Waals surface area contributed by atoms with Gasteiger partial charge in [-0.15, -0.1) is 0 Å². The molecule has 0 aliphatic rings. The van der Waals surface area contributed by atoms with E-state index in [0.29, 0.717) is 17.7 Å². The van der Waals surface area contributed by atoms with Gasteiger partial charge in [0.1, 0.15) is 5.69 Å². The summed E-state index contributed by atoms with van der Waals surface area (Å²) >= 11 is 0. The van der Waals surface area contributed by atoms with Gasteiger partial charge >= 0.3 is 5.97 Å². The number of aromatic nitrogens is 1. The Morgan fingerprint density at radius 2 is 1.79 bits per heavy atom. The van der Waals surface area contributed by atoms with Crippen LogP contribution in [0.25, 0.3) is 22.0 Å². The highest BCUT2D eigenvalue weighted by atomic mass is 16.5. The highest BCUT2D eigenvalue weighted by Crippen LogP contribution is 2.29. The molecule has 0 radical (unpaired) electrons. The molecule has 1 aromatic heterocycles. The third kappa shape index (κ3) is 3.04. The van der Waals surface area contributed by atoms with Gasteiger partial charge in [-0.25, -0.2) is 9.78 Å². The van der Waals surface area contributed by atoms with Crippen molar-refractivity contribution in [3.8, 4) is 11.1 Å². The van der Waals surface area contributed by atoms with E-state index in [1.54, 1.807) is 25.1 Å². The van der Waals surface area contributed by atoms with Gasteiger partial charge in [0.2, 0.25) is 0 Å². The molecule has 0 N–H and O–H groups in total. The molecule has 1 heterocycles. The van der Waals surface area contributed by atoms with Crippen molar-refractivity contribution >= 4 is 22.7 Å². The molecule has 4 nitrogen and oxygen atoms in total. The van der Waals surface area contributed by atoms with E-state index in [1.807, 2.05) is 36.4 Å². The van der Waals surface area contributed by atoms with Crippen LogP contribution in [0.4, 0.5) is 0 Å². The topological polar surface area (TPSA) is 56.3 Å². The molecule has 0 amide bonds. The molecule has 3 rings (SSSR count). The molecule has 2 aromatic carbocycles. The standard InChI is InChI=1S/C20H17NO3/c1-3-24-20(23)19-12-16(14-7-5-4-6-8-14)17-11-15(13(2)22)9-10-18(17)21-19/h4-12H,3H2,1-2H3. The molecule has 0 aliphatic heterocycles. The number of ether oxygens (including phenoxy) is 1. The molecule has 4 heteroatoms. The SMILES string of the molecule is CCOC(=O)c1cc(-c2ccccc2)c2cc(C(C)=O)ccc2n1. The quantitative estimate of drug-likeness (QED) is 0.532. The Morgan fingerprint density at radius 1 is 1.04 bits per heavy atom. The van der Waals surface area contributed by atoms with Gasteiger partial charge in [-0.2, -0.15) is 0 Å². The van der Waals surface area contributed by atoms with Crippen LogP contribution < -0.4 is 0 Å². The predicted molar refractivity (Wildman–Crippen MR) is 93.1 cm³/mol. The third-order valence-corrected chi connectivity index (χ3v) is 3.78. The molecule has 0 atom stereocenters. The van der Waals surface area contributed by atoms with E-state index >= 15 is 0 Å². The van der Waals surface area contributed by atoms with Crippen LogP contribution in [0.15, 0.2) is 54.6 Å². The van der Waals surface area contributed by atoms with Crippen LogP contribution in [-0.4, -0.2) is 23.3 Å². The lowest BCUT2D eigenvalue weighted by Crippen LogP contribution is -2.08. The molecule has 120 valence electrons. The molecule has 0 saturated heterocycles. The Morgan fingerprint density at radius 3 is 2.46 bits per heavy atom. The largest absolute Gasteiger partial charge is 0.461 e. The fourth-order valence-electron chi connectivity index (χ4n) is 2.61. The Bertz CT molecular complexity index is 917. The maximum absolute atomic E-state index is 12.1. The average Bonchev–Trinajstić information content (AvgIpc) is 2.61. The lowest BCUT2D eigenvalue weighted by Gasteiger charge is -2.10. The number of pyridine rings is 1. The number of hydrogen-bond donors (Lipinski definition) is 0. The summed E-state index contributed by atoms with van der Waals surface area (Å²) in [5.41, 5.74) is 3.34. The van der Waals surface area contributed by atoms with Crippen molar-refractivity contribution in [2.24, 2.45) is 0 Å². The summed E-state index contributed by atoms with van der Waals surface area (Å²) < 4.78 is 5.07. The van der Waals surface area contributed by atoms with Crippen molar-refractivity contribution in [2.45, 2.75) is 13.8 Å². The van der Waals surface area contributed by atoms with Crippen molar-refractivity contribution in [2.75, 3.05) is 6.61 Å². The van der Waals surface area contributed by atoms with Crippen LogP contribution in [0.5, 0.6) is 0 Å². The Kier molecular flexibility index (Phi) is 4.38. The van der Waals surface area contributed by atoms with E-state index < -0.39 is 5.97 Å². The van der Waals surface area contributed by atoms with E-state index in [-0.39, 0.29) is 11.5 Å². The normalized spacial score (nSPS) is 10.6. The third-order valence-electron chi connectivity index (χ3n) is 3.78. The van der Waals surface area contributed by atoms with Crippen molar-refractivity contribution in [3.63, 3.8) is 0 Å². The number of carbonyl (C=O) groups is 2. The van der Waals surface area contributed by atoms with Gasteiger partial charge in [0.25, 0.3) is 0 Å². The second-order valence-electron chi connectivity index (χ2n) is 5.43. The van der Waals surface area contributed by atoms with Crippen molar-refractivity contribution in [1.29, 1.82) is 0 Å². The minimum Gasteiger partial charge on any atom is -0.461 e. The van der Waals surface area contributed by atoms with Crippen LogP contribution in [0.3, 0.4) is 0 Å². The molecule has 0 bridgehead atoms. The molecule has 0 aliphatic carbocycles. The monoisotopic (exact) mass is 319 g/mol. The molecule has 0 fully saturated rings. The zero-order valence-corrected chi connectivity index (χ0v) is 13.6. The van der Waals surface area contributed by atoms with Gasteiger partial charge in [-0.05, 0) is 49.2 Å². The van der Waals surface area contributed by atoms with Crippen molar-refractivity contribution in [3.05, 3.63) is 65.9 Å². The molecule has 24 heavy (non-hydrogen) atoms. The highest BCUT2D eigenvalue weighted by Gasteiger charge is 2.15. The number of carbonyl (C=O) groups excluding carboxylic acids is 2. The second-order valence-corrected chi connectivity index (χ2v) is 5.43. The molecule has 3 aromatic rings. The molecule has 0 unspecified atom stereocenters. The number of fused-ring (bicyclic) bond motifs is 1. The summed E-state index contributed by atoms with van der Waals surface area (Å²) in [5.74, 6) is -0.461. The summed E-state index contributed by atoms with van der Waals surface area (Å²) in [4.78, 5) is 28.2. The summed E-state index contributed by atoms with van der Waals surface area (Å²) in [7, 11) is 0. The number of Topliss-reactive ketones (excluding diaryl/α,β-unsaturated/α-hetero) is 1. The van der Waals surface area contributed by atoms with Crippen LogP contribution in [0, 0.1) is 0 Å². The first-order valence-electron chi connectivity index (χ1n) is 7.78. The fraction of sp³-hybridized carbons (Fsp3) is 0.150. The van der Waals surface area contributed by atoms with Gasteiger partial charge < -0.3 is 4.74 Å². The van der Waals surface area contributed by atoms with Crippen LogP contribution in [0.1, 0.15) is 34.7 Å². The van der Waals surface area contributed by atoms with Crippen LogP contribution >= 0.6 is 0 Å². The summed E-state index contributed by atoms with van der Waals surface area (Å²) in [6.07, 6.45) is 0. The molecule has 0 spiro atoms. The smallest absolute Gasteiger partial charge is 0.356 e. The first kappa shape index (κ1) is 15.9. The molecular weight excluding hydrogens is 302 g/mol. The van der Waals surface area contributed by atoms with E-state index in [4.69, 9.17) is 4.74 Å². The van der Waals surface area contributed by atoms with E-state index in [9.17, 15) is 9.59 Å². The lowest BCUT2D eigenvalue weighted by molar-refractivity contribution is 0.0520. The van der Waals surface area contributed by atoms with Gasteiger partial charge in [-0.1, -0.05) is 30.3 Å². The lowest BCUT2D eigenvalue weighted by atomic mass is 9.98. The zero-order chi connectivity index (χ0) is 17.1. The Balaban J connectivity index is 2.28. The van der Waals surface area contributed by atoms with E-state index in [1.165, 1.54) is 6.92 Å². The average molecular weight is 319 g/mol. The number of hydrogen-bond acceptors (Lipinski definition) is 4. The van der Waals surface area contributed by atoms with Gasteiger partial charge in [-0.3, -0.25) is 4.79 Å². The molecule has 0 saturated carbocycles. The highest BCUT2D eigenvalue weighted by molar-refractivity contribution is 6.04. The number of esters is 1. The van der Waals surface area contributed by atoms with E-state index in [2.05, 4.69) is 4.98 Å². The fourth-order valence-corrected chi connectivity index (χ4v) is 2.61. The second kappa shape index (κ2) is 6.62. The zero-order valence-electron chi connectivity index (χ0n) is 13.6. The predicted octanol–water partition coefficient (Wildman–Crippen LogP) is 4.28. The summed E-state index contributed by atoms with van der Waals surface area (Å²) in [6.45, 7) is 3.59.